The van der Waals surface area contributed by atoms with E-state index in [9.17, 15) is 4.79 Å². The first-order valence-electron chi connectivity index (χ1n) is 11.3. The molecule has 0 saturated carbocycles. The number of nitrogens with zero attached hydrogens (tertiary/aromatic N) is 1. The van der Waals surface area contributed by atoms with Gasteiger partial charge in [-0.2, -0.15) is 0 Å². The SMILES string of the molecule is Cc1cccc(C(CC(=O)NC(C)(C)C)c2cn(Cc3ccccc3)c3ccccc23)c1. The van der Waals surface area contributed by atoms with Crippen LogP contribution < -0.4 is 5.32 Å². The first kappa shape index (κ1) is 21.9. The lowest BCUT2D eigenvalue weighted by Gasteiger charge is -2.23. The van der Waals surface area contributed by atoms with E-state index in [1.165, 1.54) is 33.2 Å². The number of aryl methyl sites for hydroxylation is 1. The van der Waals surface area contributed by atoms with Gasteiger partial charge in [0.15, 0.2) is 0 Å². The molecule has 4 rings (SSSR count). The van der Waals surface area contributed by atoms with Crippen LogP contribution in [0.3, 0.4) is 0 Å². The molecule has 164 valence electrons. The van der Waals surface area contributed by atoms with Gasteiger partial charge in [0.2, 0.25) is 5.91 Å². The molecule has 1 unspecified atom stereocenters. The number of rotatable bonds is 6. The third kappa shape index (κ3) is 5.11. The summed E-state index contributed by atoms with van der Waals surface area (Å²) in [5.74, 6) is 0.0584. The van der Waals surface area contributed by atoms with Crippen LogP contribution in [0.4, 0.5) is 0 Å². The second kappa shape index (κ2) is 9.04. The van der Waals surface area contributed by atoms with Crippen LogP contribution in [0.5, 0.6) is 0 Å². The summed E-state index contributed by atoms with van der Waals surface area (Å²) in [5, 5.41) is 4.36. The summed E-state index contributed by atoms with van der Waals surface area (Å²) in [7, 11) is 0. The van der Waals surface area contributed by atoms with E-state index in [1.807, 2.05) is 26.8 Å². The fourth-order valence-corrected chi connectivity index (χ4v) is 4.41. The highest BCUT2D eigenvalue weighted by molar-refractivity contribution is 5.87. The van der Waals surface area contributed by atoms with Crippen molar-refractivity contribution >= 4 is 16.8 Å². The third-order valence-electron chi connectivity index (χ3n) is 5.74. The summed E-state index contributed by atoms with van der Waals surface area (Å²) < 4.78 is 2.31. The van der Waals surface area contributed by atoms with Crippen molar-refractivity contribution in [2.24, 2.45) is 0 Å². The zero-order chi connectivity index (χ0) is 22.7. The summed E-state index contributed by atoms with van der Waals surface area (Å²) in [6.07, 6.45) is 2.66. The Morgan fingerprint density at radius 3 is 2.38 bits per heavy atom. The molecule has 0 aliphatic carbocycles. The molecule has 1 N–H and O–H groups in total. The molecule has 0 aliphatic rings. The van der Waals surface area contributed by atoms with Gasteiger partial charge in [-0.25, -0.2) is 0 Å². The number of para-hydroxylation sites is 1. The summed E-state index contributed by atoms with van der Waals surface area (Å²) in [4.78, 5) is 13.0. The number of hydrogen-bond acceptors (Lipinski definition) is 1. The van der Waals surface area contributed by atoms with E-state index < -0.39 is 0 Å². The van der Waals surface area contributed by atoms with Crippen molar-refractivity contribution < 1.29 is 4.79 Å². The van der Waals surface area contributed by atoms with Gasteiger partial charge in [-0.3, -0.25) is 4.79 Å². The Labute approximate surface area is 191 Å². The molecule has 1 atom stereocenters. The quantitative estimate of drug-likeness (QED) is 0.380. The molecule has 0 radical (unpaired) electrons. The Hall–Kier alpha value is -3.33. The van der Waals surface area contributed by atoms with Gasteiger partial charge in [0.1, 0.15) is 0 Å². The number of fused-ring (bicyclic) bond motifs is 1. The minimum absolute atomic E-state index is 0.0147. The Morgan fingerprint density at radius 1 is 0.938 bits per heavy atom. The first-order chi connectivity index (χ1) is 15.3. The van der Waals surface area contributed by atoms with E-state index in [1.54, 1.807) is 0 Å². The Kier molecular flexibility index (Phi) is 6.18. The van der Waals surface area contributed by atoms with Crippen LogP contribution in [-0.2, 0) is 11.3 Å². The van der Waals surface area contributed by atoms with E-state index in [2.05, 4.69) is 95.8 Å². The highest BCUT2D eigenvalue weighted by Gasteiger charge is 2.24. The van der Waals surface area contributed by atoms with Crippen LogP contribution in [-0.4, -0.2) is 16.0 Å². The molecule has 3 heteroatoms. The predicted octanol–water partition coefficient (Wildman–Crippen LogP) is 6.43. The third-order valence-corrected chi connectivity index (χ3v) is 5.74. The standard InChI is InChI=1S/C29H32N2O/c1-21-11-10-14-23(17-21)25(18-28(32)30-29(2,3)4)26-20-31(19-22-12-6-5-7-13-22)27-16-9-8-15-24(26)27/h5-17,20,25H,18-19H2,1-4H3,(H,30,32). The largest absolute Gasteiger partial charge is 0.351 e. The van der Waals surface area contributed by atoms with Crippen molar-refractivity contribution in [1.82, 2.24) is 9.88 Å². The maximum Gasteiger partial charge on any atom is 0.221 e. The fraction of sp³-hybridized carbons (Fsp3) is 0.276. The summed E-state index contributed by atoms with van der Waals surface area (Å²) >= 11 is 0. The molecule has 4 aromatic rings. The van der Waals surface area contributed by atoms with Crippen molar-refractivity contribution in [3.63, 3.8) is 0 Å². The van der Waals surface area contributed by atoms with Gasteiger partial charge in [0.25, 0.3) is 0 Å². The van der Waals surface area contributed by atoms with Gasteiger partial charge in [0.05, 0.1) is 0 Å². The Bertz CT molecular complexity index is 1210. The minimum atomic E-state index is -0.254. The van der Waals surface area contributed by atoms with Crippen molar-refractivity contribution in [2.45, 2.75) is 52.1 Å². The van der Waals surface area contributed by atoms with Crippen LogP contribution in [0, 0.1) is 6.92 Å². The van der Waals surface area contributed by atoms with Crippen LogP contribution in [0.15, 0.2) is 85.1 Å². The normalized spacial score (nSPS) is 12.6. The monoisotopic (exact) mass is 424 g/mol. The van der Waals surface area contributed by atoms with Gasteiger partial charge in [0, 0.05) is 41.5 Å². The second-order valence-electron chi connectivity index (χ2n) is 9.68. The van der Waals surface area contributed by atoms with Crippen molar-refractivity contribution in [3.8, 4) is 0 Å². The van der Waals surface area contributed by atoms with Gasteiger partial charge in [-0.05, 0) is 50.5 Å². The molecule has 0 spiro atoms. The molecule has 0 bridgehead atoms. The van der Waals surface area contributed by atoms with Crippen LogP contribution in [0.2, 0.25) is 0 Å². The van der Waals surface area contributed by atoms with Crippen molar-refractivity contribution in [3.05, 3.63) is 107 Å². The van der Waals surface area contributed by atoms with E-state index in [0.29, 0.717) is 6.42 Å². The molecule has 0 aliphatic heterocycles. The maximum absolute atomic E-state index is 13.0. The number of benzene rings is 3. The zero-order valence-corrected chi connectivity index (χ0v) is 19.4. The van der Waals surface area contributed by atoms with Gasteiger partial charge in [-0.1, -0.05) is 78.4 Å². The number of carbonyl (C=O) groups is 1. The highest BCUT2D eigenvalue weighted by Crippen LogP contribution is 2.35. The molecule has 0 saturated heterocycles. The van der Waals surface area contributed by atoms with Gasteiger partial charge < -0.3 is 9.88 Å². The second-order valence-corrected chi connectivity index (χ2v) is 9.68. The molecular formula is C29H32N2O. The van der Waals surface area contributed by atoms with Crippen LogP contribution in [0.25, 0.3) is 10.9 Å². The molecule has 0 fully saturated rings. The Morgan fingerprint density at radius 2 is 1.66 bits per heavy atom. The minimum Gasteiger partial charge on any atom is -0.351 e. The van der Waals surface area contributed by atoms with Gasteiger partial charge in [-0.15, -0.1) is 0 Å². The highest BCUT2D eigenvalue weighted by atomic mass is 16.1. The number of carbonyl (C=O) groups excluding carboxylic acids is 1. The maximum atomic E-state index is 13.0. The predicted molar refractivity (Wildman–Crippen MR) is 133 cm³/mol. The van der Waals surface area contributed by atoms with E-state index in [4.69, 9.17) is 0 Å². The Balaban J connectivity index is 1.80. The van der Waals surface area contributed by atoms with Crippen LogP contribution in [0.1, 0.15) is 55.4 Å². The van der Waals surface area contributed by atoms with Gasteiger partial charge >= 0.3 is 0 Å². The molecule has 1 aromatic heterocycles. The summed E-state index contributed by atoms with van der Waals surface area (Å²) in [6.45, 7) is 8.99. The van der Waals surface area contributed by atoms with E-state index >= 15 is 0 Å². The molecule has 1 amide bonds. The lowest BCUT2D eigenvalue weighted by Crippen LogP contribution is -2.41. The lowest BCUT2D eigenvalue weighted by atomic mass is 9.87. The zero-order valence-electron chi connectivity index (χ0n) is 19.4. The summed E-state index contributed by atoms with van der Waals surface area (Å²) in [5.41, 5.74) is 5.78. The average Bonchev–Trinajstić information content (AvgIpc) is 3.10. The molecule has 1 heterocycles. The molecule has 3 aromatic carbocycles. The van der Waals surface area contributed by atoms with Crippen LogP contribution >= 0.6 is 0 Å². The van der Waals surface area contributed by atoms with Crippen molar-refractivity contribution in [1.29, 1.82) is 0 Å². The fourth-order valence-electron chi connectivity index (χ4n) is 4.41. The number of aromatic nitrogens is 1. The number of nitrogens with one attached hydrogen (secondary N) is 1. The molecule has 32 heavy (non-hydrogen) atoms. The topological polar surface area (TPSA) is 34.0 Å². The summed E-state index contributed by atoms with van der Waals surface area (Å²) in [6, 6.07) is 27.6. The first-order valence-corrected chi connectivity index (χ1v) is 11.3. The molecular weight excluding hydrogens is 392 g/mol. The van der Waals surface area contributed by atoms with Crippen molar-refractivity contribution in [2.75, 3.05) is 0 Å². The smallest absolute Gasteiger partial charge is 0.221 e. The average molecular weight is 425 g/mol. The molecule has 3 nitrogen and oxygen atoms in total. The number of amides is 1. The number of hydrogen-bond donors (Lipinski definition) is 1. The van der Waals surface area contributed by atoms with E-state index in [-0.39, 0.29) is 17.4 Å². The van der Waals surface area contributed by atoms with E-state index in [0.717, 1.165) is 6.54 Å². The lowest BCUT2D eigenvalue weighted by molar-refractivity contribution is -0.122.